The molecule has 7 nitrogen and oxygen atoms in total. The second-order valence-electron chi connectivity index (χ2n) is 5.50. The van der Waals surface area contributed by atoms with Gasteiger partial charge < -0.3 is 14.8 Å². The molecule has 1 amide bonds. The number of aromatic nitrogens is 3. The fraction of sp³-hybridized carbons (Fsp3) is 0.211. The predicted octanol–water partition coefficient (Wildman–Crippen LogP) is 3.24. The lowest BCUT2D eigenvalue weighted by Gasteiger charge is -2.11. The molecule has 3 aromatic rings. The Balaban J connectivity index is 1.82. The van der Waals surface area contributed by atoms with E-state index in [1.807, 2.05) is 32.0 Å². The van der Waals surface area contributed by atoms with Gasteiger partial charge in [-0.25, -0.2) is 9.67 Å². The Morgan fingerprint density at radius 2 is 2.08 bits per heavy atom. The molecule has 0 fully saturated rings. The maximum Gasteiger partial charge on any atom is 0.259 e. The summed E-state index contributed by atoms with van der Waals surface area (Å²) < 4.78 is 12.4. The fourth-order valence-corrected chi connectivity index (χ4v) is 2.56. The Hall–Kier alpha value is -3.35. The Kier molecular flexibility index (Phi) is 5.17. The highest BCUT2D eigenvalue weighted by Gasteiger charge is 2.16. The molecule has 2 aromatic heterocycles. The van der Waals surface area contributed by atoms with Crippen LogP contribution in [-0.4, -0.2) is 34.4 Å². The van der Waals surface area contributed by atoms with Crippen LogP contribution in [-0.2, 0) is 0 Å². The van der Waals surface area contributed by atoms with Gasteiger partial charge in [0, 0.05) is 18.0 Å². The first-order chi connectivity index (χ1) is 12.6. The number of carbonyl (C=O) groups excluding carboxylic acids is 1. The summed E-state index contributed by atoms with van der Waals surface area (Å²) in [7, 11) is 1.56. The topological polar surface area (TPSA) is 78.3 Å². The van der Waals surface area contributed by atoms with Gasteiger partial charge >= 0.3 is 0 Å². The number of anilines is 1. The maximum atomic E-state index is 12.6. The van der Waals surface area contributed by atoms with E-state index in [0.29, 0.717) is 40.9 Å². The molecule has 7 heteroatoms. The molecule has 2 heterocycles. The van der Waals surface area contributed by atoms with Crippen molar-refractivity contribution in [3.05, 3.63) is 60.0 Å². The van der Waals surface area contributed by atoms with Gasteiger partial charge in [0.15, 0.2) is 17.3 Å². The third-order valence-corrected chi connectivity index (χ3v) is 3.84. The molecule has 3 rings (SSSR count). The van der Waals surface area contributed by atoms with E-state index in [2.05, 4.69) is 15.4 Å². The van der Waals surface area contributed by atoms with E-state index in [9.17, 15) is 4.79 Å². The van der Waals surface area contributed by atoms with Crippen LogP contribution in [0.4, 0.5) is 5.69 Å². The number of pyridine rings is 1. The number of benzene rings is 1. The lowest BCUT2D eigenvalue weighted by molar-refractivity contribution is 0.102. The summed E-state index contributed by atoms with van der Waals surface area (Å²) in [5.41, 5.74) is 1.79. The van der Waals surface area contributed by atoms with Crippen LogP contribution in [0.2, 0.25) is 0 Å². The Labute approximate surface area is 151 Å². The highest BCUT2D eigenvalue weighted by atomic mass is 16.5. The van der Waals surface area contributed by atoms with E-state index in [4.69, 9.17) is 9.47 Å². The molecule has 0 bridgehead atoms. The third kappa shape index (κ3) is 3.51. The number of carbonyl (C=O) groups is 1. The lowest BCUT2D eigenvalue weighted by atomic mass is 10.2. The molecule has 0 atom stereocenters. The SMILES string of the molecule is CCOc1ccc(NC(=O)c2cnn(-c3ccccn3)c2C)cc1OC. The summed E-state index contributed by atoms with van der Waals surface area (Å²) in [5, 5.41) is 7.13. The summed E-state index contributed by atoms with van der Waals surface area (Å²) in [5.74, 6) is 1.60. The Morgan fingerprint density at radius 3 is 2.77 bits per heavy atom. The number of ether oxygens (including phenoxy) is 2. The van der Waals surface area contributed by atoms with Crippen molar-refractivity contribution in [2.45, 2.75) is 13.8 Å². The minimum atomic E-state index is -0.254. The van der Waals surface area contributed by atoms with Crippen LogP contribution >= 0.6 is 0 Å². The normalized spacial score (nSPS) is 10.4. The van der Waals surface area contributed by atoms with Crippen molar-refractivity contribution < 1.29 is 14.3 Å². The van der Waals surface area contributed by atoms with Gasteiger partial charge in [-0.3, -0.25) is 4.79 Å². The van der Waals surface area contributed by atoms with Crippen molar-refractivity contribution >= 4 is 11.6 Å². The van der Waals surface area contributed by atoms with Gasteiger partial charge in [0.25, 0.3) is 5.91 Å². The number of hydrogen-bond acceptors (Lipinski definition) is 5. The molecular weight excluding hydrogens is 332 g/mol. The van der Waals surface area contributed by atoms with Gasteiger partial charge in [0.1, 0.15) is 0 Å². The van der Waals surface area contributed by atoms with Gasteiger partial charge in [-0.05, 0) is 38.1 Å². The van der Waals surface area contributed by atoms with Crippen LogP contribution in [0.15, 0.2) is 48.8 Å². The van der Waals surface area contributed by atoms with E-state index in [-0.39, 0.29) is 5.91 Å². The van der Waals surface area contributed by atoms with Crippen molar-refractivity contribution in [2.24, 2.45) is 0 Å². The van der Waals surface area contributed by atoms with Gasteiger partial charge in [0.2, 0.25) is 0 Å². The largest absolute Gasteiger partial charge is 0.493 e. The number of nitrogens with zero attached hydrogens (tertiary/aromatic N) is 3. The van der Waals surface area contributed by atoms with Crippen molar-refractivity contribution in [3.63, 3.8) is 0 Å². The zero-order valence-electron chi connectivity index (χ0n) is 14.9. The lowest BCUT2D eigenvalue weighted by Crippen LogP contribution is -2.13. The first kappa shape index (κ1) is 17.5. The van der Waals surface area contributed by atoms with E-state index in [1.165, 1.54) is 6.20 Å². The predicted molar refractivity (Wildman–Crippen MR) is 98.2 cm³/mol. The quantitative estimate of drug-likeness (QED) is 0.737. The van der Waals surface area contributed by atoms with E-state index >= 15 is 0 Å². The van der Waals surface area contributed by atoms with Crippen LogP contribution in [0.1, 0.15) is 23.0 Å². The number of hydrogen-bond donors (Lipinski definition) is 1. The standard InChI is InChI=1S/C19H20N4O3/c1-4-26-16-9-8-14(11-17(16)25-3)22-19(24)15-12-21-23(13(15)2)18-7-5-6-10-20-18/h5-12H,4H2,1-3H3,(H,22,24). The smallest absolute Gasteiger partial charge is 0.259 e. The van der Waals surface area contributed by atoms with Gasteiger partial charge in [-0.2, -0.15) is 5.10 Å². The van der Waals surface area contributed by atoms with E-state index in [1.54, 1.807) is 36.2 Å². The molecule has 0 radical (unpaired) electrons. The number of methoxy groups -OCH3 is 1. The first-order valence-corrected chi connectivity index (χ1v) is 8.22. The van der Waals surface area contributed by atoms with Crippen molar-refractivity contribution in [1.82, 2.24) is 14.8 Å². The van der Waals surface area contributed by atoms with E-state index in [0.717, 1.165) is 0 Å². The number of nitrogens with one attached hydrogen (secondary N) is 1. The molecule has 1 aromatic carbocycles. The minimum absolute atomic E-state index is 0.254. The van der Waals surface area contributed by atoms with Crippen molar-refractivity contribution in [2.75, 3.05) is 19.0 Å². The van der Waals surface area contributed by atoms with Crippen LogP contribution < -0.4 is 14.8 Å². The second kappa shape index (κ2) is 7.69. The zero-order valence-corrected chi connectivity index (χ0v) is 14.9. The summed E-state index contributed by atoms with van der Waals surface area (Å²) in [6.45, 7) is 4.26. The van der Waals surface area contributed by atoms with Gasteiger partial charge in [-0.1, -0.05) is 6.07 Å². The average Bonchev–Trinajstić information content (AvgIpc) is 3.05. The Bertz CT molecular complexity index is 906. The molecular formula is C19H20N4O3. The highest BCUT2D eigenvalue weighted by Crippen LogP contribution is 2.30. The fourth-order valence-electron chi connectivity index (χ4n) is 2.56. The number of amides is 1. The monoisotopic (exact) mass is 352 g/mol. The molecule has 1 N–H and O–H groups in total. The second-order valence-corrected chi connectivity index (χ2v) is 5.50. The number of rotatable bonds is 6. The molecule has 0 unspecified atom stereocenters. The third-order valence-electron chi connectivity index (χ3n) is 3.84. The summed E-state index contributed by atoms with van der Waals surface area (Å²) in [6, 6.07) is 10.8. The van der Waals surface area contributed by atoms with Gasteiger partial charge in [-0.15, -0.1) is 0 Å². The highest BCUT2D eigenvalue weighted by molar-refractivity contribution is 6.05. The van der Waals surface area contributed by atoms with Crippen molar-refractivity contribution in [1.29, 1.82) is 0 Å². The molecule has 134 valence electrons. The van der Waals surface area contributed by atoms with Crippen LogP contribution in [0.3, 0.4) is 0 Å². The molecule has 0 aliphatic heterocycles. The van der Waals surface area contributed by atoms with Crippen molar-refractivity contribution in [3.8, 4) is 17.3 Å². The van der Waals surface area contributed by atoms with E-state index < -0.39 is 0 Å². The zero-order chi connectivity index (χ0) is 18.5. The average molecular weight is 352 g/mol. The van der Waals surface area contributed by atoms with Gasteiger partial charge in [0.05, 0.1) is 31.2 Å². The first-order valence-electron chi connectivity index (χ1n) is 8.22. The molecule has 0 saturated heterocycles. The molecule has 26 heavy (non-hydrogen) atoms. The van der Waals surface area contributed by atoms with Crippen LogP contribution in [0.25, 0.3) is 5.82 Å². The maximum absolute atomic E-state index is 12.6. The summed E-state index contributed by atoms with van der Waals surface area (Å²) in [4.78, 5) is 16.9. The van der Waals surface area contributed by atoms with Crippen LogP contribution in [0, 0.1) is 6.92 Å². The summed E-state index contributed by atoms with van der Waals surface area (Å²) in [6.07, 6.45) is 3.22. The summed E-state index contributed by atoms with van der Waals surface area (Å²) >= 11 is 0. The van der Waals surface area contributed by atoms with Crippen LogP contribution in [0.5, 0.6) is 11.5 Å². The molecule has 0 spiro atoms. The Morgan fingerprint density at radius 1 is 1.23 bits per heavy atom. The minimum Gasteiger partial charge on any atom is -0.493 e. The molecule has 0 saturated carbocycles. The molecule has 0 aliphatic carbocycles. The molecule has 0 aliphatic rings.